The Morgan fingerprint density at radius 2 is 2.26 bits per heavy atom. The highest BCUT2D eigenvalue weighted by molar-refractivity contribution is 5.87. The van der Waals surface area contributed by atoms with E-state index in [-0.39, 0.29) is 11.9 Å². The van der Waals surface area contributed by atoms with Gasteiger partial charge in [-0.1, -0.05) is 18.2 Å². The second-order valence-electron chi connectivity index (χ2n) is 5.20. The van der Waals surface area contributed by atoms with Crippen LogP contribution in [0.25, 0.3) is 10.9 Å². The number of rotatable bonds is 5. The summed E-state index contributed by atoms with van der Waals surface area (Å²) in [5.74, 6) is 0.596. The minimum atomic E-state index is -0.00879. The number of aromatic nitrogens is 2. The van der Waals surface area contributed by atoms with Crippen LogP contribution in [0.1, 0.15) is 18.5 Å². The molecule has 0 spiro atoms. The molecule has 1 aromatic carbocycles. The molecule has 5 nitrogen and oxygen atoms in total. The zero-order valence-corrected chi connectivity index (χ0v) is 10.7. The van der Waals surface area contributed by atoms with Crippen LogP contribution in [-0.2, 0) is 11.2 Å². The highest BCUT2D eigenvalue weighted by Gasteiger charge is 2.28. The van der Waals surface area contributed by atoms with E-state index in [0.29, 0.717) is 18.9 Å². The average molecular weight is 258 g/mol. The smallest absolute Gasteiger partial charge is 0.226 e. The molecular formula is C14H18N4O. The first-order valence-corrected chi connectivity index (χ1v) is 6.68. The molecule has 1 aromatic heterocycles. The van der Waals surface area contributed by atoms with E-state index in [1.54, 1.807) is 0 Å². The normalized spacial score (nSPS) is 16.5. The molecule has 100 valence electrons. The molecule has 1 amide bonds. The summed E-state index contributed by atoms with van der Waals surface area (Å²) in [4.78, 5) is 11.9. The van der Waals surface area contributed by atoms with Crippen molar-refractivity contribution in [1.29, 1.82) is 0 Å². The fraction of sp³-hybridized carbons (Fsp3) is 0.429. The second-order valence-corrected chi connectivity index (χ2v) is 5.20. The minimum Gasteiger partial charge on any atom is -0.354 e. The predicted octanol–water partition coefficient (Wildman–Crippen LogP) is 0.959. The minimum absolute atomic E-state index is 0.00879. The van der Waals surface area contributed by atoms with Gasteiger partial charge in [-0.2, -0.15) is 5.10 Å². The SMILES string of the molecule is NC(CNC(=O)Cc1[nH]nc2ccccc12)C1CC1. The van der Waals surface area contributed by atoms with Crippen molar-refractivity contribution < 1.29 is 4.79 Å². The van der Waals surface area contributed by atoms with Crippen molar-refractivity contribution in [3.05, 3.63) is 30.0 Å². The quantitative estimate of drug-likeness (QED) is 0.747. The molecular weight excluding hydrogens is 240 g/mol. The number of fused-ring (bicyclic) bond motifs is 1. The number of carbonyl (C=O) groups is 1. The van der Waals surface area contributed by atoms with Crippen LogP contribution in [0.3, 0.4) is 0 Å². The third-order valence-electron chi connectivity index (χ3n) is 3.64. The molecule has 1 atom stereocenters. The Morgan fingerprint density at radius 3 is 3.05 bits per heavy atom. The highest BCUT2D eigenvalue weighted by Crippen LogP contribution is 2.31. The number of H-pyrrole nitrogens is 1. The lowest BCUT2D eigenvalue weighted by Gasteiger charge is -2.11. The molecule has 1 unspecified atom stereocenters. The summed E-state index contributed by atoms with van der Waals surface area (Å²) in [6.07, 6.45) is 2.71. The Morgan fingerprint density at radius 1 is 1.47 bits per heavy atom. The number of nitrogens with one attached hydrogen (secondary N) is 2. The van der Waals surface area contributed by atoms with Crippen LogP contribution in [-0.4, -0.2) is 28.7 Å². The van der Waals surface area contributed by atoms with Gasteiger partial charge >= 0.3 is 0 Å². The average Bonchev–Trinajstić information content (AvgIpc) is 3.20. The summed E-state index contributed by atoms with van der Waals surface area (Å²) >= 11 is 0. The Bertz CT molecular complexity index is 588. The summed E-state index contributed by atoms with van der Waals surface area (Å²) in [6, 6.07) is 7.87. The van der Waals surface area contributed by atoms with Gasteiger partial charge in [0, 0.05) is 18.0 Å². The summed E-state index contributed by atoms with van der Waals surface area (Å²) < 4.78 is 0. The van der Waals surface area contributed by atoms with Gasteiger partial charge in [-0.25, -0.2) is 0 Å². The van der Waals surface area contributed by atoms with Crippen LogP contribution >= 0.6 is 0 Å². The van der Waals surface area contributed by atoms with Crippen LogP contribution < -0.4 is 11.1 Å². The van der Waals surface area contributed by atoms with Gasteiger partial charge in [-0.05, 0) is 24.8 Å². The number of hydrogen-bond donors (Lipinski definition) is 3. The Balaban J connectivity index is 1.59. The van der Waals surface area contributed by atoms with Gasteiger partial charge < -0.3 is 11.1 Å². The number of hydrogen-bond acceptors (Lipinski definition) is 3. The van der Waals surface area contributed by atoms with Gasteiger partial charge in [0.25, 0.3) is 0 Å². The molecule has 0 bridgehead atoms. The Kier molecular flexibility index (Phi) is 3.21. The molecule has 4 N–H and O–H groups in total. The van der Waals surface area contributed by atoms with Crippen molar-refractivity contribution in [2.24, 2.45) is 11.7 Å². The lowest BCUT2D eigenvalue weighted by Crippen LogP contribution is -2.39. The van der Waals surface area contributed by atoms with E-state index in [4.69, 9.17) is 5.73 Å². The number of amides is 1. The number of benzene rings is 1. The molecule has 0 aliphatic heterocycles. The van der Waals surface area contributed by atoms with E-state index < -0.39 is 0 Å². The fourth-order valence-corrected chi connectivity index (χ4v) is 2.29. The third kappa shape index (κ3) is 2.76. The van der Waals surface area contributed by atoms with Gasteiger partial charge in [-0.15, -0.1) is 0 Å². The summed E-state index contributed by atoms with van der Waals surface area (Å²) in [6.45, 7) is 0.565. The van der Waals surface area contributed by atoms with Gasteiger partial charge in [0.2, 0.25) is 5.91 Å². The molecule has 1 saturated carbocycles. The molecule has 0 saturated heterocycles. The van der Waals surface area contributed by atoms with E-state index in [1.807, 2.05) is 24.3 Å². The molecule has 0 radical (unpaired) electrons. The first kappa shape index (κ1) is 12.2. The van der Waals surface area contributed by atoms with Gasteiger partial charge in [-0.3, -0.25) is 9.89 Å². The van der Waals surface area contributed by atoms with Gasteiger partial charge in [0.15, 0.2) is 0 Å². The van der Waals surface area contributed by atoms with Crippen molar-refractivity contribution in [2.75, 3.05) is 6.54 Å². The monoisotopic (exact) mass is 258 g/mol. The van der Waals surface area contributed by atoms with Crippen molar-refractivity contribution >= 4 is 16.8 Å². The molecule has 19 heavy (non-hydrogen) atoms. The van der Waals surface area contributed by atoms with Crippen molar-refractivity contribution in [1.82, 2.24) is 15.5 Å². The van der Waals surface area contributed by atoms with Crippen LogP contribution in [0.15, 0.2) is 24.3 Å². The second kappa shape index (κ2) is 5.01. The molecule has 1 aliphatic rings. The van der Waals surface area contributed by atoms with Crippen LogP contribution in [0.5, 0.6) is 0 Å². The lowest BCUT2D eigenvalue weighted by molar-refractivity contribution is -0.120. The zero-order chi connectivity index (χ0) is 13.2. The Labute approximate surface area is 111 Å². The van der Waals surface area contributed by atoms with E-state index >= 15 is 0 Å². The molecule has 2 aromatic rings. The van der Waals surface area contributed by atoms with Gasteiger partial charge in [0.1, 0.15) is 0 Å². The topological polar surface area (TPSA) is 83.8 Å². The van der Waals surface area contributed by atoms with E-state index in [0.717, 1.165) is 16.6 Å². The van der Waals surface area contributed by atoms with Crippen LogP contribution in [0.2, 0.25) is 0 Å². The van der Waals surface area contributed by atoms with Crippen LogP contribution in [0.4, 0.5) is 0 Å². The molecule has 5 heteroatoms. The predicted molar refractivity (Wildman–Crippen MR) is 73.5 cm³/mol. The molecule has 1 heterocycles. The number of nitrogens with zero attached hydrogens (tertiary/aromatic N) is 1. The summed E-state index contributed by atoms with van der Waals surface area (Å²) in [5.41, 5.74) is 7.70. The highest BCUT2D eigenvalue weighted by atomic mass is 16.1. The summed E-state index contributed by atoms with van der Waals surface area (Å²) in [5, 5.41) is 11.0. The standard InChI is InChI=1S/C14H18N4O/c15-11(9-5-6-9)8-16-14(19)7-13-10-3-1-2-4-12(10)17-18-13/h1-4,9,11H,5-8,15H2,(H,16,19)(H,17,18). The van der Waals surface area contributed by atoms with Crippen molar-refractivity contribution in [2.45, 2.75) is 25.3 Å². The fourth-order valence-electron chi connectivity index (χ4n) is 2.29. The zero-order valence-electron chi connectivity index (χ0n) is 10.7. The third-order valence-corrected chi connectivity index (χ3v) is 3.64. The number of carbonyl (C=O) groups excluding carboxylic acids is 1. The maximum absolute atomic E-state index is 11.9. The number of nitrogens with two attached hydrogens (primary N) is 1. The van der Waals surface area contributed by atoms with E-state index in [2.05, 4.69) is 15.5 Å². The first-order valence-electron chi connectivity index (χ1n) is 6.68. The van der Waals surface area contributed by atoms with E-state index in [1.165, 1.54) is 12.8 Å². The maximum atomic E-state index is 11.9. The lowest BCUT2D eigenvalue weighted by atomic mass is 10.1. The number of para-hydroxylation sites is 1. The Hall–Kier alpha value is -1.88. The summed E-state index contributed by atoms with van der Waals surface area (Å²) in [7, 11) is 0. The van der Waals surface area contributed by atoms with Crippen molar-refractivity contribution in [3.63, 3.8) is 0 Å². The van der Waals surface area contributed by atoms with E-state index in [9.17, 15) is 4.79 Å². The molecule has 1 aliphatic carbocycles. The van der Waals surface area contributed by atoms with Crippen LogP contribution in [0, 0.1) is 5.92 Å². The first-order chi connectivity index (χ1) is 9.24. The largest absolute Gasteiger partial charge is 0.354 e. The molecule has 3 rings (SSSR count). The van der Waals surface area contributed by atoms with Crippen molar-refractivity contribution in [3.8, 4) is 0 Å². The maximum Gasteiger partial charge on any atom is 0.226 e. The number of aromatic amines is 1. The van der Waals surface area contributed by atoms with Gasteiger partial charge in [0.05, 0.1) is 17.6 Å². The molecule has 1 fully saturated rings.